The fourth-order valence-corrected chi connectivity index (χ4v) is 0.932. The van der Waals surface area contributed by atoms with Gasteiger partial charge in [-0.25, -0.2) is 0 Å². The third kappa shape index (κ3) is 1.74. The molecule has 0 atom stereocenters. The van der Waals surface area contributed by atoms with Crippen molar-refractivity contribution >= 4 is 11.7 Å². The molecule has 0 aliphatic rings. The molecule has 0 aromatic carbocycles. The Balaban J connectivity index is 2.10. The second-order valence-electron chi connectivity index (χ2n) is 2.55. The predicted octanol–water partition coefficient (Wildman–Crippen LogP) is 0.452. The topological polar surface area (TPSA) is 83.6 Å². The van der Waals surface area contributed by atoms with Crippen LogP contribution in [0.25, 0.3) is 0 Å². The molecule has 6 heteroatoms. The van der Waals surface area contributed by atoms with Gasteiger partial charge in [0.05, 0.1) is 11.8 Å². The number of aromatic nitrogens is 4. The van der Waals surface area contributed by atoms with Crippen molar-refractivity contribution in [2.45, 2.75) is 0 Å². The van der Waals surface area contributed by atoms with Crippen LogP contribution in [0.3, 0.4) is 0 Å². The van der Waals surface area contributed by atoms with Crippen LogP contribution < -0.4 is 5.32 Å². The van der Waals surface area contributed by atoms with Gasteiger partial charge in [-0.1, -0.05) is 0 Å². The molecule has 1 amide bonds. The minimum Gasteiger partial charge on any atom is -0.305 e. The lowest BCUT2D eigenvalue weighted by Gasteiger charge is -1.99. The van der Waals surface area contributed by atoms with Gasteiger partial charge in [0.15, 0.2) is 5.82 Å². The molecule has 2 N–H and O–H groups in total. The molecule has 2 rings (SSSR count). The summed E-state index contributed by atoms with van der Waals surface area (Å²) in [6.45, 7) is 0. The standard InChI is InChI=1S/C8H7N5O/c14-8(6-4-10-11-5-6)12-7-2-1-3-9-13-7/h1-5H,(H,10,11)(H,12,13,14). The van der Waals surface area contributed by atoms with Gasteiger partial charge in [-0.15, -0.1) is 5.10 Å². The van der Waals surface area contributed by atoms with E-state index in [2.05, 4.69) is 25.7 Å². The summed E-state index contributed by atoms with van der Waals surface area (Å²) in [4.78, 5) is 11.4. The largest absolute Gasteiger partial charge is 0.305 e. The molecule has 2 heterocycles. The van der Waals surface area contributed by atoms with E-state index in [9.17, 15) is 4.79 Å². The molecule has 70 valence electrons. The van der Waals surface area contributed by atoms with Crippen molar-refractivity contribution in [3.8, 4) is 0 Å². The number of amides is 1. The third-order valence-corrected chi connectivity index (χ3v) is 1.57. The summed E-state index contributed by atoms with van der Waals surface area (Å²) in [6.07, 6.45) is 4.48. The van der Waals surface area contributed by atoms with E-state index in [1.807, 2.05) is 0 Å². The number of carbonyl (C=O) groups is 1. The zero-order valence-electron chi connectivity index (χ0n) is 7.14. The molecule has 0 aliphatic carbocycles. The monoisotopic (exact) mass is 189 g/mol. The molecular weight excluding hydrogens is 182 g/mol. The maximum Gasteiger partial charge on any atom is 0.260 e. The van der Waals surface area contributed by atoms with E-state index in [1.54, 1.807) is 12.1 Å². The van der Waals surface area contributed by atoms with E-state index in [0.29, 0.717) is 11.4 Å². The number of nitrogens with zero attached hydrogens (tertiary/aromatic N) is 3. The van der Waals surface area contributed by atoms with E-state index in [-0.39, 0.29) is 5.91 Å². The molecule has 0 saturated carbocycles. The first kappa shape index (κ1) is 8.36. The van der Waals surface area contributed by atoms with Gasteiger partial charge in [0.25, 0.3) is 5.91 Å². The molecule has 0 spiro atoms. The average Bonchev–Trinajstić information content (AvgIpc) is 2.72. The predicted molar refractivity (Wildman–Crippen MR) is 48.6 cm³/mol. The normalized spacial score (nSPS) is 9.71. The molecule has 0 fully saturated rings. The van der Waals surface area contributed by atoms with Crippen LogP contribution in [0.15, 0.2) is 30.7 Å². The zero-order chi connectivity index (χ0) is 9.80. The van der Waals surface area contributed by atoms with E-state index < -0.39 is 0 Å². The highest BCUT2D eigenvalue weighted by Gasteiger charge is 2.06. The summed E-state index contributed by atoms with van der Waals surface area (Å²) in [5, 5.41) is 16.1. The van der Waals surface area contributed by atoms with Gasteiger partial charge in [-0.3, -0.25) is 9.89 Å². The Morgan fingerprint density at radius 3 is 3.07 bits per heavy atom. The quantitative estimate of drug-likeness (QED) is 0.718. The second-order valence-corrected chi connectivity index (χ2v) is 2.55. The van der Waals surface area contributed by atoms with Gasteiger partial charge < -0.3 is 5.32 Å². The van der Waals surface area contributed by atoms with Crippen LogP contribution in [0.1, 0.15) is 10.4 Å². The molecule has 0 saturated heterocycles. The van der Waals surface area contributed by atoms with Crippen molar-refractivity contribution in [3.63, 3.8) is 0 Å². The first-order chi connectivity index (χ1) is 6.86. The lowest BCUT2D eigenvalue weighted by molar-refractivity contribution is 0.102. The molecule has 14 heavy (non-hydrogen) atoms. The van der Waals surface area contributed by atoms with Gasteiger partial charge >= 0.3 is 0 Å². The van der Waals surface area contributed by atoms with E-state index >= 15 is 0 Å². The lowest BCUT2D eigenvalue weighted by Crippen LogP contribution is -2.12. The summed E-state index contributed by atoms with van der Waals surface area (Å²) in [7, 11) is 0. The number of nitrogens with one attached hydrogen (secondary N) is 2. The van der Waals surface area contributed by atoms with Crippen LogP contribution in [-0.4, -0.2) is 26.3 Å². The van der Waals surface area contributed by atoms with Crippen LogP contribution in [-0.2, 0) is 0 Å². The summed E-state index contributed by atoms with van der Waals surface area (Å²) in [6, 6.07) is 3.35. The van der Waals surface area contributed by atoms with Gasteiger partial charge in [0.2, 0.25) is 0 Å². The van der Waals surface area contributed by atoms with Crippen LogP contribution >= 0.6 is 0 Å². The van der Waals surface area contributed by atoms with E-state index in [4.69, 9.17) is 0 Å². The molecule has 0 bridgehead atoms. The van der Waals surface area contributed by atoms with Crippen LogP contribution in [0, 0.1) is 0 Å². The number of hydrogen-bond donors (Lipinski definition) is 2. The molecule has 6 nitrogen and oxygen atoms in total. The summed E-state index contributed by atoms with van der Waals surface area (Å²) < 4.78 is 0. The summed E-state index contributed by atoms with van der Waals surface area (Å²) >= 11 is 0. The number of carbonyl (C=O) groups excluding carboxylic acids is 1. The Hall–Kier alpha value is -2.24. The zero-order valence-corrected chi connectivity index (χ0v) is 7.14. The fraction of sp³-hybridized carbons (Fsp3) is 0. The Bertz CT molecular complexity index is 411. The first-order valence-corrected chi connectivity index (χ1v) is 3.94. The number of hydrogen-bond acceptors (Lipinski definition) is 4. The molecular formula is C8H7N5O. The maximum atomic E-state index is 11.4. The fourth-order valence-electron chi connectivity index (χ4n) is 0.932. The van der Waals surface area contributed by atoms with Crippen molar-refractivity contribution in [3.05, 3.63) is 36.3 Å². The molecule has 0 radical (unpaired) electrons. The number of aromatic amines is 1. The minimum atomic E-state index is -0.265. The highest BCUT2D eigenvalue weighted by Crippen LogP contribution is 2.02. The molecule has 0 aliphatic heterocycles. The SMILES string of the molecule is O=C(Nc1cccnn1)c1cn[nH]c1. The Morgan fingerprint density at radius 2 is 2.43 bits per heavy atom. The molecule has 2 aromatic heterocycles. The van der Waals surface area contributed by atoms with Gasteiger partial charge in [0, 0.05) is 12.4 Å². The highest BCUT2D eigenvalue weighted by molar-refractivity contribution is 6.03. The van der Waals surface area contributed by atoms with Crippen molar-refractivity contribution in [1.29, 1.82) is 0 Å². The van der Waals surface area contributed by atoms with E-state index in [0.717, 1.165) is 0 Å². The third-order valence-electron chi connectivity index (χ3n) is 1.57. The number of anilines is 1. The van der Waals surface area contributed by atoms with Crippen molar-refractivity contribution < 1.29 is 4.79 Å². The minimum absolute atomic E-state index is 0.265. The van der Waals surface area contributed by atoms with Crippen molar-refractivity contribution in [2.75, 3.05) is 5.32 Å². The van der Waals surface area contributed by atoms with Gasteiger partial charge in [-0.2, -0.15) is 10.2 Å². The Morgan fingerprint density at radius 1 is 1.50 bits per heavy atom. The highest BCUT2D eigenvalue weighted by atomic mass is 16.1. The van der Waals surface area contributed by atoms with Crippen LogP contribution in [0.5, 0.6) is 0 Å². The van der Waals surface area contributed by atoms with E-state index in [1.165, 1.54) is 18.6 Å². The maximum absolute atomic E-state index is 11.4. The van der Waals surface area contributed by atoms with Gasteiger partial charge in [0.1, 0.15) is 0 Å². The van der Waals surface area contributed by atoms with Crippen LogP contribution in [0.2, 0.25) is 0 Å². The number of rotatable bonds is 2. The average molecular weight is 189 g/mol. The van der Waals surface area contributed by atoms with Crippen LogP contribution in [0.4, 0.5) is 5.82 Å². The molecule has 0 unspecified atom stereocenters. The van der Waals surface area contributed by atoms with Crippen molar-refractivity contribution in [2.24, 2.45) is 0 Å². The first-order valence-electron chi connectivity index (χ1n) is 3.94. The molecule has 2 aromatic rings. The lowest BCUT2D eigenvalue weighted by atomic mass is 10.3. The Labute approximate surface area is 79.4 Å². The number of H-pyrrole nitrogens is 1. The van der Waals surface area contributed by atoms with Gasteiger partial charge in [-0.05, 0) is 12.1 Å². The summed E-state index contributed by atoms with van der Waals surface area (Å²) in [5.41, 5.74) is 0.454. The second kappa shape index (κ2) is 3.65. The van der Waals surface area contributed by atoms with Crippen molar-refractivity contribution in [1.82, 2.24) is 20.4 Å². The summed E-state index contributed by atoms with van der Waals surface area (Å²) in [5.74, 6) is 0.151. The Kier molecular flexibility index (Phi) is 2.18. The smallest absolute Gasteiger partial charge is 0.260 e.